The summed E-state index contributed by atoms with van der Waals surface area (Å²) in [6.07, 6.45) is 0. The lowest BCUT2D eigenvalue weighted by Crippen LogP contribution is -3.14. The molecule has 1 saturated heterocycles. The second kappa shape index (κ2) is 7.55. The number of halogens is 1. The highest BCUT2D eigenvalue weighted by molar-refractivity contribution is 7.89. The van der Waals surface area contributed by atoms with Crippen molar-refractivity contribution in [1.29, 1.82) is 0 Å². The molecule has 0 unspecified atom stereocenters. The predicted octanol–water partition coefficient (Wildman–Crippen LogP) is 0.608. The maximum atomic E-state index is 12.8. The first-order valence-corrected chi connectivity index (χ1v) is 10.3. The highest BCUT2D eigenvalue weighted by atomic mass is 35.5. The Morgan fingerprint density at radius 2 is 1.89 bits per heavy atom. The number of nitrogens with one attached hydrogen (secondary N) is 1. The summed E-state index contributed by atoms with van der Waals surface area (Å²) in [6, 6.07) is 6.41. The Morgan fingerprint density at radius 3 is 2.44 bits per heavy atom. The fraction of sp³-hybridized carbons (Fsp3) is 0.438. The Balaban J connectivity index is 1.69. The summed E-state index contributed by atoms with van der Waals surface area (Å²) >= 11 is 6.05. The summed E-state index contributed by atoms with van der Waals surface area (Å²) in [7, 11) is -3.63. The molecule has 0 spiro atoms. The minimum Gasteiger partial charge on any atom is -0.314 e. The van der Waals surface area contributed by atoms with Crippen LogP contribution in [-0.2, 0) is 16.7 Å². The van der Waals surface area contributed by atoms with Gasteiger partial charge in [0, 0.05) is 0 Å². The van der Waals surface area contributed by atoms with Gasteiger partial charge in [0.15, 0.2) is 6.67 Å². The third kappa shape index (κ3) is 3.84. The maximum absolute atomic E-state index is 12.8. The van der Waals surface area contributed by atoms with Gasteiger partial charge in [-0.25, -0.2) is 13.1 Å². The molecule has 9 nitrogen and oxygen atoms in total. The van der Waals surface area contributed by atoms with Crippen molar-refractivity contribution in [3.8, 4) is 0 Å². The lowest BCUT2D eigenvalue weighted by molar-refractivity contribution is -0.926. The minimum absolute atomic E-state index is 0.0364. The number of piperazine rings is 1. The number of sulfonamides is 1. The van der Waals surface area contributed by atoms with Gasteiger partial charge in [-0.3, -0.25) is 10.1 Å². The van der Waals surface area contributed by atoms with Gasteiger partial charge in [-0.05, 0) is 26.0 Å². The number of rotatable bonds is 5. The van der Waals surface area contributed by atoms with Crippen LogP contribution in [0.4, 0.5) is 5.69 Å². The number of aryl methyl sites for hydroxylation is 1. The molecule has 1 aromatic heterocycles. The Kier molecular flexibility index (Phi) is 5.52. The summed E-state index contributed by atoms with van der Waals surface area (Å²) in [4.78, 5) is 11.9. The maximum Gasteiger partial charge on any atom is 0.312 e. The Labute approximate surface area is 162 Å². The molecule has 1 aromatic carbocycles. The molecule has 1 fully saturated rings. The van der Waals surface area contributed by atoms with Crippen LogP contribution in [0.25, 0.3) is 0 Å². The number of nitrogens with zero attached hydrogens (tertiary/aromatic N) is 4. The van der Waals surface area contributed by atoms with E-state index in [0.717, 1.165) is 4.90 Å². The number of hydrogen-bond acceptors (Lipinski definition) is 5. The van der Waals surface area contributed by atoms with Crippen molar-refractivity contribution in [3.63, 3.8) is 0 Å². The van der Waals surface area contributed by atoms with E-state index in [1.165, 1.54) is 10.4 Å². The molecule has 146 valence electrons. The summed E-state index contributed by atoms with van der Waals surface area (Å²) in [5, 5.41) is 15.6. The second-order valence-electron chi connectivity index (χ2n) is 6.52. The highest BCUT2D eigenvalue weighted by Gasteiger charge is 2.32. The van der Waals surface area contributed by atoms with Gasteiger partial charge in [-0.1, -0.05) is 23.7 Å². The molecule has 0 aliphatic carbocycles. The Morgan fingerprint density at radius 1 is 1.26 bits per heavy atom. The molecule has 3 rings (SSSR count). The van der Waals surface area contributed by atoms with Crippen LogP contribution in [0.5, 0.6) is 0 Å². The number of benzene rings is 1. The quantitative estimate of drug-likeness (QED) is 0.570. The Bertz CT molecular complexity index is 967. The molecule has 2 heterocycles. The molecule has 0 amide bonds. The molecule has 2 aromatic rings. The SMILES string of the molecule is Cc1nn(C[NH+]2CCN(S(=O)(=O)c3ccccc3Cl)CC2)c(C)c1[N+](=O)[O-]. The normalized spacial score (nSPS) is 16.6. The number of aromatic nitrogens is 2. The van der Waals surface area contributed by atoms with Crippen LogP contribution in [0.15, 0.2) is 29.2 Å². The van der Waals surface area contributed by atoms with Crippen LogP contribution in [0.1, 0.15) is 11.4 Å². The van der Waals surface area contributed by atoms with E-state index >= 15 is 0 Å². The van der Waals surface area contributed by atoms with Gasteiger partial charge in [0.05, 0.1) is 36.1 Å². The van der Waals surface area contributed by atoms with Gasteiger partial charge in [0.2, 0.25) is 10.0 Å². The zero-order valence-electron chi connectivity index (χ0n) is 15.1. The molecule has 0 saturated carbocycles. The van der Waals surface area contributed by atoms with Crippen LogP contribution in [0.3, 0.4) is 0 Å². The first-order valence-electron chi connectivity index (χ1n) is 8.48. The summed E-state index contributed by atoms with van der Waals surface area (Å²) in [5.41, 5.74) is 0.933. The van der Waals surface area contributed by atoms with Crippen molar-refractivity contribution in [3.05, 3.63) is 50.8 Å². The largest absolute Gasteiger partial charge is 0.314 e. The molecule has 0 atom stereocenters. The first-order chi connectivity index (χ1) is 12.7. The van der Waals surface area contributed by atoms with Crippen molar-refractivity contribution in [2.24, 2.45) is 0 Å². The van der Waals surface area contributed by atoms with Crippen molar-refractivity contribution in [2.45, 2.75) is 25.4 Å². The van der Waals surface area contributed by atoms with Gasteiger partial charge in [-0.2, -0.15) is 9.40 Å². The number of quaternary nitrogens is 1. The van der Waals surface area contributed by atoms with Crippen LogP contribution < -0.4 is 4.90 Å². The molecule has 1 aliphatic rings. The van der Waals surface area contributed by atoms with Crippen LogP contribution in [-0.4, -0.2) is 53.6 Å². The lowest BCUT2D eigenvalue weighted by Gasteiger charge is -2.31. The van der Waals surface area contributed by atoms with Crippen LogP contribution in [0.2, 0.25) is 5.02 Å². The van der Waals surface area contributed by atoms with E-state index < -0.39 is 14.9 Å². The fourth-order valence-corrected chi connectivity index (χ4v) is 5.25. The lowest BCUT2D eigenvalue weighted by atomic mass is 10.3. The second-order valence-corrected chi connectivity index (χ2v) is 8.83. The topological polar surface area (TPSA) is 103 Å². The van der Waals surface area contributed by atoms with E-state index in [1.54, 1.807) is 36.7 Å². The van der Waals surface area contributed by atoms with Gasteiger partial charge in [-0.15, -0.1) is 0 Å². The number of hydrogen-bond donors (Lipinski definition) is 1. The van der Waals surface area contributed by atoms with Crippen molar-refractivity contribution < 1.29 is 18.2 Å². The average Bonchev–Trinajstić information content (AvgIpc) is 2.89. The minimum atomic E-state index is -3.63. The summed E-state index contributed by atoms with van der Waals surface area (Å²) < 4.78 is 28.6. The van der Waals surface area contributed by atoms with Gasteiger partial charge in [0.25, 0.3) is 0 Å². The third-order valence-corrected chi connectivity index (χ3v) is 7.18. The third-order valence-electron chi connectivity index (χ3n) is 4.78. The Hall–Kier alpha value is -2.01. The average molecular weight is 415 g/mol. The van der Waals surface area contributed by atoms with E-state index in [0.29, 0.717) is 44.2 Å². The first kappa shape index (κ1) is 19.7. The molecular formula is C16H21ClN5O4S+. The zero-order chi connectivity index (χ0) is 19.8. The van der Waals surface area contributed by atoms with E-state index in [2.05, 4.69) is 5.10 Å². The van der Waals surface area contributed by atoms with Gasteiger partial charge in [0.1, 0.15) is 16.3 Å². The van der Waals surface area contributed by atoms with Crippen molar-refractivity contribution >= 4 is 27.3 Å². The highest BCUT2D eigenvalue weighted by Crippen LogP contribution is 2.24. The monoisotopic (exact) mass is 414 g/mol. The van der Waals surface area contributed by atoms with Crippen molar-refractivity contribution in [2.75, 3.05) is 26.2 Å². The van der Waals surface area contributed by atoms with E-state index in [4.69, 9.17) is 11.6 Å². The smallest absolute Gasteiger partial charge is 0.312 e. The predicted molar refractivity (Wildman–Crippen MR) is 99.3 cm³/mol. The zero-order valence-corrected chi connectivity index (χ0v) is 16.6. The fourth-order valence-electron chi connectivity index (χ4n) is 3.31. The molecule has 11 heteroatoms. The molecule has 1 N–H and O–H groups in total. The van der Waals surface area contributed by atoms with Gasteiger partial charge < -0.3 is 4.90 Å². The molecule has 0 bridgehead atoms. The number of nitro groups is 1. The van der Waals surface area contributed by atoms with E-state index in [-0.39, 0.29) is 15.6 Å². The van der Waals surface area contributed by atoms with E-state index in [9.17, 15) is 18.5 Å². The molecule has 1 aliphatic heterocycles. The van der Waals surface area contributed by atoms with Gasteiger partial charge >= 0.3 is 5.69 Å². The molecule has 27 heavy (non-hydrogen) atoms. The van der Waals surface area contributed by atoms with E-state index in [1.807, 2.05) is 0 Å². The summed E-state index contributed by atoms with van der Waals surface area (Å²) in [6.45, 7) is 5.61. The van der Waals surface area contributed by atoms with Crippen LogP contribution >= 0.6 is 11.6 Å². The molecule has 0 radical (unpaired) electrons. The molecular weight excluding hydrogens is 394 g/mol. The van der Waals surface area contributed by atoms with Crippen LogP contribution in [0, 0.1) is 24.0 Å². The summed E-state index contributed by atoms with van der Waals surface area (Å²) in [5.74, 6) is 0. The standard InChI is InChI=1S/C16H20ClN5O4S/c1-12-16(22(23)24)13(2)21(18-12)11-19-7-9-20(10-8-19)27(25,26)15-6-4-3-5-14(15)17/h3-6H,7-11H2,1-2H3/p+1. The van der Waals surface area contributed by atoms with Crippen molar-refractivity contribution in [1.82, 2.24) is 14.1 Å².